The first-order chi connectivity index (χ1) is 10.5. The number of carbonyl (C=O) groups excluding carboxylic acids is 2. The number of rotatable bonds is 7. The Balaban J connectivity index is 2.19. The second-order valence-electron chi connectivity index (χ2n) is 5.46. The van der Waals surface area contributed by atoms with Crippen molar-refractivity contribution in [3.05, 3.63) is 0 Å². The molecule has 0 aromatic heterocycles. The highest BCUT2D eigenvalue weighted by atomic mass is 31.2. The van der Waals surface area contributed by atoms with Crippen molar-refractivity contribution >= 4 is 19.8 Å². The normalized spacial score (nSPS) is 32.0. The van der Waals surface area contributed by atoms with E-state index in [4.69, 9.17) is 18.3 Å². The van der Waals surface area contributed by atoms with E-state index in [0.29, 0.717) is 12.8 Å². The topological polar surface area (TPSA) is 88.1 Å². The number of hydrogen-bond acceptors (Lipinski definition) is 7. The Morgan fingerprint density at radius 1 is 1.05 bits per heavy atom. The Hall–Kier alpha value is -0.750. The molecule has 22 heavy (non-hydrogen) atoms. The number of esters is 2. The molecule has 7 nitrogen and oxygen atoms in total. The number of phosphoric ester groups is 1. The van der Waals surface area contributed by atoms with Gasteiger partial charge in [0.15, 0.2) is 0 Å². The van der Waals surface area contributed by atoms with Gasteiger partial charge in [-0.1, -0.05) is 13.3 Å². The van der Waals surface area contributed by atoms with Crippen LogP contribution in [0, 0.1) is 17.8 Å². The third-order valence-corrected chi connectivity index (χ3v) is 5.90. The second kappa shape index (κ2) is 7.21. The van der Waals surface area contributed by atoms with E-state index in [9.17, 15) is 14.2 Å². The van der Waals surface area contributed by atoms with Crippen LogP contribution in [-0.4, -0.2) is 31.3 Å². The summed E-state index contributed by atoms with van der Waals surface area (Å²) in [6.07, 6.45) is 1.33. The first-order valence-corrected chi connectivity index (χ1v) is 9.24. The first kappa shape index (κ1) is 17.6. The molecule has 1 aliphatic heterocycles. The van der Waals surface area contributed by atoms with E-state index in [1.165, 1.54) is 0 Å². The van der Waals surface area contributed by atoms with Gasteiger partial charge in [0.25, 0.3) is 0 Å². The molecule has 0 aromatic rings. The zero-order chi connectivity index (χ0) is 16.3. The Labute approximate surface area is 130 Å². The van der Waals surface area contributed by atoms with Gasteiger partial charge in [-0.25, -0.2) is 4.57 Å². The monoisotopic (exact) mass is 334 g/mol. The fraction of sp³-hybridized carbons (Fsp3) is 0.857. The van der Waals surface area contributed by atoms with Crippen LogP contribution in [0.1, 0.15) is 40.0 Å². The predicted molar refractivity (Wildman–Crippen MR) is 76.8 cm³/mol. The summed E-state index contributed by atoms with van der Waals surface area (Å²) < 4.78 is 33.0. The average molecular weight is 334 g/mol. The minimum atomic E-state index is -3.73. The van der Waals surface area contributed by atoms with Crippen molar-refractivity contribution in [2.45, 2.75) is 46.1 Å². The summed E-state index contributed by atoms with van der Waals surface area (Å²) in [6.45, 7) is 5.67. The number of hydrogen-bond donors (Lipinski definition) is 0. The molecule has 0 spiro atoms. The van der Waals surface area contributed by atoms with Gasteiger partial charge in [0.05, 0.1) is 31.2 Å². The minimum Gasteiger partial charge on any atom is -0.393 e. The van der Waals surface area contributed by atoms with E-state index in [1.807, 2.05) is 6.92 Å². The maximum absolute atomic E-state index is 12.5. The Kier molecular flexibility index (Phi) is 5.77. The highest BCUT2D eigenvalue weighted by molar-refractivity contribution is 7.48. The van der Waals surface area contributed by atoms with Gasteiger partial charge in [0.1, 0.15) is 0 Å². The van der Waals surface area contributed by atoms with Gasteiger partial charge in [-0.15, -0.1) is 0 Å². The number of phosphoric acid groups is 1. The lowest BCUT2D eigenvalue weighted by atomic mass is 9.71. The molecule has 2 rings (SSSR count). The molecule has 1 saturated carbocycles. The average Bonchev–Trinajstić information content (AvgIpc) is 2.76. The molecule has 1 saturated heterocycles. The summed E-state index contributed by atoms with van der Waals surface area (Å²) in [6, 6.07) is 0. The van der Waals surface area contributed by atoms with Crippen LogP contribution >= 0.6 is 7.82 Å². The summed E-state index contributed by atoms with van der Waals surface area (Å²) in [5.41, 5.74) is 0. The highest BCUT2D eigenvalue weighted by Gasteiger charge is 2.55. The molecule has 2 aliphatic rings. The lowest BCUT2D eigenvalue weighted by Gasteiger charge is -2.35. The molecule has 2 fully saturated rings. The Morgan fingerprint density at radius 3 is 2.18 bits per heavy atom. The molecule has 1 heterocycles. The fourth-order valence-corrected chi connectivity index (χ4v) is 4.69. The van der Waals surface area contributed by atoms with Crippen molar-refractivity contribution in [2.24, 2.45) is 17.8 Å². The molecule has 1 aliphatic carbocycles. The fourth-order valence-electron chi connectivity index (χ4n) is 3.29. The van der Waals surface area contributed by atoms with Gasteiger partial charge in [-0.2, -0.15) is 0 Å². The van der Waals surface area contributed by atoms with Crippen molar-refractivity contribution < 1.29 is 32.5 Å². The Bertz CT molecular complexity index is 468. The van der Waals surface area contributed by atoms with Gasteiger partial charge in [0, 0.05) is 0 Å². The minimum absolute atomic E-state index is 0.0855. The number of cyclic esters (lactones) is 2. The van der Waals surface area contributed by atoms with E-state index >= 15 is 0 Å². The third-order valence-electron chi connectivity index (χ3n) is 4.23. The van der Waals surface area contributed by atoms with Gasteiger partial charge in [-0.3, -0.25) is 23.2 Å². The summed E-state index contributed by atoms with van der Waals surface area (Å²) in [5.74, 6) is -2.26. The molecule has 0 amide bonds. The van der Waals surface area contributed by atoms with Crippen LogP contribution < -0.4 is 0 Å². The zero-order valence-electron chi connectivity index (χ0n) is 13.1. The zero-order valence-corrected chi connectivity index (χ0v) is 14.0. The van der Waals surface area contributed by atoms with Crippen molar-refractivity contribution in [3.63, 3.8) is 0 Å². The molecule has 2 unspecified atom stereocenters. The lowest BCUT2D eigenvalue weighted by Crippen LogP contribution is -2.41. The summed E-state index contributed by atoms with van der Waals surface area (Å²) >= 11 is 0. The smallest absolute Gasteiger partial charge is 0.393 e. The molecular weight excluding hydrogens is 311 g/mol. The van der Waals surface area contributed by atoms with Crippen LogP contribution in [-0.2, 0) is 32.5 Å². The summed E-state index contributed by atoms with van der Waals surface area (Å²) in [7, 11) is -3.73. The lowest BCUT2D eigenvalue weighted by molar-refractivity contribution is -0.154. The highest BCUT2D eigenvalue weighted by Crippen LogP contribution is 2.54. The van der Waals surface area contributed by atoms with Crippen LogP contribution in [0.15, 0.2) is 0 Å². The van der Waals surface area contributed by atoms with Gasteiger partial charge in [-0.05, 0) is 32.6 Å². The molecule has 0 aromatic carbocycles. The van der Waals surface area contributed by atoms with Crippen LogP contribution in [0.5, 0.6) is 0 Å². The van der Waals surface area contributed by atoms with Crippen LogP contribution in [0.25, 0.3) is 0 Å². The SMILES string of the molecule is CCOP(=O)(OCC)O[C@@H]1CC[C@H](CC)C2C(=O)OC(=O)C21. The van der Waals surface area contributed by atoms with E-state index in [0.717, 1.165) is 6.42 Å². The van der Waals surface area contributed by atoms with Crippen LogP contribution in [0.3, 0.4) is 0 Å². The van der Waals surface area contributed by atoms with Crippen molar-refractivity contribution in [1.82, 2.24) is 0 Å². The van der Waals surface area contributed by atoms with E-state index in [-0.39, 0.29) is 19.1 Å². The van der Waals surface area contributed by atoms with E-state index in [1.54, 1.807) is 13.8 Å². The number of fused-ring (bicyclic) bond motifs is 1. The van der Waals surface area contributed by atoms with Gasteiger partial charge < -0.3 is 4.74 Å². The van der Waals surface area contributed by atoms with Crippen molar-refractivity contribution in [3.8, 4) is 0 Å². The third kappa shape index (κ3) is 3.43. The van der Waals surface area contributed by atoms with Crippen LogP contribution in [0.4, 0.5) is 0 Å². The van der Waals surface area contributed by atoms with E-state index < -0.39 is 37.7 Å². The van der Waals surface area contributed by atoms with Gasteiger partial charge >= 0.3 is 19.8 Å². The first-order valence-electron chi connectivity index (χ1n) is 7.78. The molecule has 0 radical (unpaired) electrons. The molecule has 126 valence electrons. The molecule has 4 atom stereocenters. The van der Waals surface area contributed by atoms with E-state index in [2.05, 4.69) is 0 Å². The summed E-state index contributed by atoms with van der Waals surface area (Å²) in [4.78, 5) is 23.9. The standard InChI is InChI=1S/C14H23O7P/c1-4-9-7-8-10(12-11(9)13(15)20-14(12)16)21-22(17,18-5-2)19-6-3/h9-12H,4-8H2,1-3H3/t9-,10+,11?,12?/m0/s1. The number of carbonyl (C=O) groups is 2. The Morgan fingerprint density at radius 2 is 1.64 bits per heavy atom. The maximum Gasteiger partial charge on any atom is 0.475 e. The molecule has 8 heteroatoms. The van der Waals surface area contributed by atoms with Gasteiger partial charge in [0.2, 0.25) is 0 Å². The molecule has 0 N–H and O–H groups in total. The largest absolute Gasteiger partial charge is 0.475 e. The van der Waals surface area contributed by atoms with Crippen molar-refractivity contribution in [2.75, 3.05) is 13.2 Å². The quantitative estimate of drug-likeness (QED) is 0.402. The van der Waals surface area contributed by atoms with Crippen molar-refractivity contribution in [1.29, 1.82) is 0 Å². The second-order valence-corrected chi connectivity index (χ2v) is 7.09. The summed E-state index contributed by atoms with van der Waals surface area (Å²) in [5, 5.41) is 0. The molecule has 0 bridgehead atoms. The molecular formula is C14H23O7P. The maximum atomic E-state index is 12.5. The predicted octanol–water partition coefficient (Wildman–Crippen LogP) is 2.69. The van der Waals surface area contributed by atoms with Crippen LogP contribution in [0.2, 0.25) is 0 Å². The number of ether oxygens (including phenoxy) is 1.